The number of nitrogens with one attached hydrogen (secondary N) is 1. The van der Waals surface area contributed by atoms with Crippen molar-refractivity contribution in [2.75, 3.05) is 32.8 Å². The predicted molar refractivity (Wildman–Crippen MR) is 71.7 cm³/mol. The van der Waals surface area contributed by atoms with Crippen molar-refractivity contribution >= 4 is 5.97 Å². The molecule has 1 rings (SSSR count). The molecular weight excluding hydrogens is 264 g/mol. The number of carbonyl (C=O) groups is 1. The maximum Gasteiger partial charge on any atom is 0.326 e. The average Bonchev–Trinajstić information content (AvgIpc) is 2.87. The molecule has 0 bridgehead atoms. The second kappa shape index (κ2) is 7.81. The summed E-state index contributed by atoms with van der Waals surface area (Å²) >= 11 is 0. The number of methoxy groups -OCH3 is 2. The predicted octanol–water partition coefficient (Wildman–Crippen LogP) is 0.799. The third-order valence-electron chi connectivity index (χ3n) is 2.83. The summed E-state index contributed by atoms with van der Waals surface area (Å²) in [5.41, 5.74) is 2.93. The van der Waals surface area contributed by atoms with Crippen molar-refractivity contribution in [2.45, 2.75) is 33.0 Å². The van der Waals surface area contributed by atoms with Gasteiger partial charge in [0.1, 0.15) is 18.8 Å². The van der Waals surface area contributed by atoms with Gasteiger partial charge in [0.05, 0.1) is 6.61 Å². The molecule has 1 aromatic heterocycles. The Hall–Kier alpha value is -1.67. The zero-order valence-corrected chi connectivity index (χ0v) is 12.5. The van der Waals surface area contributed by atoms with Crippen LogP contribution in [0.25, 0.3) is 0 Å². The minimum absolute atomic E-state index is 0.0126. The molecule has 0 amide bonds. The van der Waals surface area contributed by atoms with Crippen LogP contribution in [0.15, 0.2) is 0 Å². The number of ether oxygens (including phenoxy) is 3. The van der Waals surface area contributed by atoms with Gasteiger partial charge in [0, 0.05) is 14.2 Å². The zero-order chi connectivity index (χ0) is 15.1. The van der Waals surface area contributed by atoms with Crippen molar-refractivity contribution in [1.29, 1.82) is 0 Å². The second-order valence-corrected chi connectivity index (χ2v) is 4.15. The first-order valence-corrected chi connectivity index (χ1v) is 6.45. The maximum atomic E-state index is 11.4. The van der Waals surface area contributed by atoms with Crippen LogP contribution < -0.4 is 5.43 Å². The Labute approximate surface area is 118 Å². The summed E-state index contributed by atoms with van der Waals surface area (Å²) in [7, 11) is 3.16. The molecule has 0 fully saturated rings. The second-order valence-electron chi connectivity index (χ2n) is 4.15. The summed E-state index contributed by atoms with van der Waals surface area (Å²) in [5, 5.41) is 8.15. The molecule has 114 valence electrons. The van der Waals surface area contributed by atoms with Crippen molar-refractivity contribution in [2.24, 2.45) is 0 Å². The lowest BCUT2D eigenvalue weighted by Crippen LogP contribution is -2.28. The van der Waals surface area contributed by atoms with E-state index in [1.165, 1.54) is 0 Å². The largest absolute Gasteiger partial charge is 0.465 e. The first kappa shape index (κ1) is 16.4. The van der Waals surface area contributed by atoms with Gasteiger partial charge in [-0.15, -0.1) is 10.2 Å². The highest BCUT2D eigenvalue weighted by atomic mass is 16.5. The molecule has 0 aliphatic carbocycles. The summed E-state index contributed by atoms with van der Waals surface area (Å²) in [4.78, 5) is 11.4. The lowest BCUT2D eigenvalue weighted by Gasteiger charge is -2.17. The van der Waals surface area contributed by atoms with Gasteiger partial charge in [-0.2, -0.15) is 0 Å². The van der Waals surface area contributed by atoms with Crippen LogP contribution in [0.2, 0.25) is 0 Å². The van der Waals surface area contributed by atoms with E-state index >= 15 is 0 Å². The summed E-state index contributed by atoms with van der Waals surface area (Å²) in [6.45, 7) is 5.79. The van der Waals surface area contributed by atoms with Crippen molar-refractivity contribution in [3.8, 4) is 0 Å². The fraction of sp³-hybridized carbons (Fsp3) is 0.750. The van der Waals surface area contributed by atoms with E-state index in [1.807, 2.05) is 13.8 Å². The van der Waals surface area contributed by atoms with Gasteiger partial charge in [-0.1, -0.05) is 0 Å². The third kappa shape index (κ3) is 3.91. The van der Waals surface area contributed by atoms with Crippen LogP contribution in [0.1, 0.15) is 44.6 Å². The molecule has 1 heterocycles. The minimum Gasteiger partial charge on any atom is -0.465 e. The van der Waals surface area contributed by atoms with E-state index in [9.17, 15) is 4.79 Å². The fourth-order valence-corrected chi connectivity index (χ4v) is 1.56. The van der Waals surface area contributed by atoms with E-state index in [0.717, 1.165) is 0 Å². The van der Waals surface area contributed by atoms with Crippen LogP contribution in [-0.4, -0.2) is 48.2 Å². The number of hydrogen-bond acceptors (Lipinski definition) is 7. The van der Waals surface area contributed by atoms with Gasteiger partial charge in [-0.25, -0.2) is 4.68 Å². The Bertz CT molecular complexity index is 408. The molecule has 0 aromatic carbocycles. The van der Waals surface area contributed by atoms with Crippen molar-refractivity contribution in [3.05, 3.63) is 11.6 Å². The molecule has 0 unspecified atom stereocenters. The van der Waals surface area contributed by atoms with Gasteiger partial charge in [-0.05, 0) is 20.8 Å². The lowest BCUT2D eigenvalue weighted by molar-refractivity contribution is -0.141. The molecule has 0 saturated carbocycles. The number of nitrogens with zero attached hydrogens (tertiary/aromatic N) is 3. The summed E-state index contributed by atoms with van der Waals surface area (Å²) < 4.78 is 17.0. The summed E-state index contributed by atoms with van der Waals surface area (Å²) in [6, 6.07) is 0. The topological polar surface area (TPSA) is 87.5 Å². The number of rotatable bonds is 8. The Kier molecular flexibility index (Phi) is 6.40. The van der Waals surface area contributed by atoms with E-state index in [1.54, 1.807) is 25.8 Å². The fourth-order valence-electron chi connectivity index (χ4n) is 1.56. The third-order valence-corrected chi connectivity index (χ3v) is 2.83. The quantitative estimate of drug-likeness (QED) is 0.707. The standard InChI is InChI=1S/C12H22N4O4/c1-6-20-10(17)7-13-16-11(8(2)18-4)14-15-12(16)9(3)19-5/h8-9,13H,6-7H2,1-5H3/t8-,9-/m0/s1. The van der Waals surface area contributed by atoms with Gasteiger partial charge >= 0.3 is 5.97 Å². The molecule has 20 heavy (non-hydrogen) atoms. The molecule has 0 aliphatic rings. The highest BCUT2D eigenvalue weighted by molar-refractivity contribution is 5.72. The van der Waals surface area contributed by atoms with Crippen molar-refractivity contribution in [3.63, 3.8) is 0 Å². The van der Waals surface area contributed by atoms with Gasteiger partial charge in [0.15, 0.2) is 11.6 Å². The average molecular weight is 286 g/mol. The number of esters is 1. The van der Waals surface area contributed by atoms with Gasteiger partial charge in [0.25, 0.3) is 0 Å². The SMILES string of the molecule is CCOC(=O)CNn1c([C@H](C)OC)nnc1[C@H](C)OC. The van der Waals surface area contributed by atoms with E-state index in [2.05, 4.69) is 15.6 Å². The number of carbonyl (C=O) groups excluding carboxylic acids is 1. The first-order chi connectivity index (χ1) is 9.54. The van der Waals surface area contributed by atoms with E-state index in [-0.39, 0.29) is 24.7 Å². The summed E-state index contributed by atoms with van der Waals surface area (Å²) in [6.07, 6.45) is -0.537. The van der Waals surface area contributed by atoms with Gasteiger partial charge < -0.3 is 19.6 Å². The monoisotopic (exact) mass is 286 g/mol. The number of hydrogen-bond donors (Lipinski definition) is 1. The number of aromatic nitrogens is 3. The Morgan fingerprint density at radius 1 is 1.20 bits per heavy atom. The van der Waals surface area contributed by atoms with E-state index < -0.39 is 0 Å². The van der Waals surface area contributed by atoms with Crippen LogP contribution in [-0.2, 0) is 19.0 Å². The molecule has 1 aromatic rings. The molecule has 8 nitrogen and oxygen atoms in total. The Morgan fingerprint density at radius 2 is 1.70 bits per heavy atom. The van der Waals surface area contributed by atoms with Crippen LogP contribution >= 0.6 is 0 Å². The molecule has 0 radical (unpaired) electrons. The summed E-state index contributed by atoms with van der Waals surface area (Å²) in [5.74, 6) is 0.777. The van der Waals surface area contributed by atoms with Crippen LogP contribution in [0.4, 0.5) is 0 Å². The van der Waals surface area contributed by atoms with Crippen LogP contribution in [0, 0.1) is 0 Å². The van der Waals surface area contributed by atoms with Crippen molar-refractivity contribution < 1.29 is 19.0 Å². The molecule has 0 aliphatic heterocycles. The smallest absolute Gasteiger partial charge is 0.326 e. The molecule has 0 saturated heterocycles. The maximum absolute atomic E-state index is 11.4. The molecule has 2 atom stereocenters. The van der Waals surface area contributed by atoms with E-state index in [4.69, 9.17) is 14.2 Å². The highest BCUT2D eigenvalue weighted by Crippen LogP contribution is 2.18. The van der Waals surface area contributed by atoms with Gasteiger partial charge in [0.2, 0.25) is 0 Å². The molecule has 8 heteroatoms. The lowest BCUT2D eigenvalue weighted by atomic mass is 10.3. The van der Waals surface area contributed by atoms with Crippen LogP contribution in [0.3, 0.4) is 0 Å². The molecule has 0 spiro atoms. The highest BCUT2D eigenvalue weighted by Gasteiger charge is 2.21. The molecule has 1 N–H and O–H groups in total. The molecular formula is C12H22N4O4. The first-order valence-electron chi connectivity index (χ1n) is 6.45. The Balaban J connectivity index is 2.93. The minimum atomic E-state index is -0.353. The Morgan fingerprint density at radius 3 is 2.10 bits per heavy atom. The van der Waals surface area contributed by atoms with Gasteiger partial charge in [-0.3, -0.25) is 4.79 Å². The normalized spacial score (nSPS) is 13.8. The van der Waals surface area contributed by atoms with Crippen LogP contribution in [0.5, 0.6) is 0 Å². The zero-order valence-electron chi connectivity index (χ0n) is 12.5. The van der Waals surface area contributed by atoms with E-state index in [0.29, 0.717) is 18.3 Å². The van der Waals surface area contributed by atoms with Crippen molar-refractivity contribution in [1.82, 2.24) is 14.9 Å².